The fourth-order valence-corrected chi connectivity index (χ4v) is 2.19. The van der Waals surface area contributed by atoms with Crippen LogP contribution in [-0.2, 0) is 0 Å². The Kier molecular flexibility index (Phi) is 4.17. The Bertz CT molecular complexity index is 628. The minimum atomic E-state index is -0.338. The van der Waals surface area contributed by atoms with Crippen molar-refractivity contribution in [3.63, 3.8) is 0 Å². The van der Waals surface area contributed by atoms with Crippen molar-refractivity contribution in [1.29, 1.82) is 0 Å². The maximum Gasteiger partial charge on any atom is 0.301 e. The van der Waals surface area contributed by atoms with Gasteiger partial charge in [0.25, 0.3) is 0 Å². The highest BCUT2D eigenvalue weighted by atomic mass is 16.6. The lowest BCUT2D eigenvalue weighted by Gasteiger charge is -2.21. The van der Waals surface area contributed by atoms with Crippen LogP contribution < -0.4 is 5.32 Å². The molecule has 1 N–H and O–H groups in total. The van der Waals surface area contributed by atoms with E-state index in [0.29, 0.717) is 22.5 Å². The van der Waals surface area contributed by atoms with Gasteiger partial charge in [-0.1, -0.05) is 20.3 Å². The number of anilines is 1. The lowest BCUT2D eigenvalue weighted by atomic mass is 10.0. The van der Waals surface area contributed by atoms with Crippen LogP contribution in [0.5, 0.6) is 0 Å². The van der Waals surface area contributed by atoms with Crippen molar-refractivity contribution in [1.82, 2.24) is 4.98 Å². The first-order valence-electron chi connectivity index (χ1n) is 6.83. The molecule has 2 rings (SSSR count). The first-order chi connectivity index (χ1) is 9.54. The molecule has 1 aromatic carbocycles. The molecular weight excluding hydrogens is 254 g/mol. The number of nitrogens with one attached hydrogen (secondary N) is 1. The number of nitrogens with zero attached hydrogens (tertiary/aromatic N) is 2. The molecule has 0 spiro atoms. The van der Waals surface area contributed by atoms with Gasteiger partial charge in [-0.3, -0.25) is 15.1 Å². The summed E-state index contributed by atoms with van der Waals surface area (Å²) in [4.78, 5) is 15.2. The number of pyridine rings is 1. The lowest BCUT2D eigenvalue weighted by Crippen LogP contribution is -2.23. The molecule has 0 saturated heterocycles. The van der Waals surface area contributed by atoms with E-state index in [2.05, 4.69) is 24.1 Å². The van der Waals surface area contributed by atoms with Crippen molar-refractivity contribution in [2.75, 3.05) is 5.32 Å². The molecule has 5 heteroatoms. The molecule has 0 radical (unpaired) electrons. The molecule has 2 atom stereocenters. The van der Waals surface area contributed by atoms with Crippen molar-refractivity contribution in [2.45, 2.75) is 33.2 Å². The zero-order chi connectivity index (χ0) is 14.7. The molecule has 0 amide bonds. The summed E-state index contributed by atoms with van der Waals surface area (Å²) in [6.45, 7) is 6.29. The van der Waals surface area contributed by atoms with Crippen LogP contribution in [0, 0.1) is 16.0 Å². The molecule has 5 nitrogen and oxygen atoms in total. The van der Waals surface area contributed by atoms with Crippen molar-refractivity contribution < 1.29 is 4.92 Å². The molecule has 1 aromatic heterocycles. The SMILES string of the molecule is CCC(C)C(C)Nc1ccc2ncccc2c1[N+](=O)[O-]. The highest BCUT2D eigenvalue weighted by molar-refractivity contribution is 5.94. The van der Waals surface area contributed by atoms with Gasteiger partial charge in [-0.25, -0.2) is 0 Å². The van der Waals surface area contributed by atoms with Crippen LogP contribution in [0.4, 0.5) is 11.4 Å². The van der Waals surface area contributed by atoms with Crippen LogP contribution in [0.1, 0.15) is 27.2 Å². The van der Waals surface area contributed by atoms with Gasteiger partial charge in [-0.2, -0.15) is 0 Å². The topological polar surface area (TPSA) is 68.1 Å². The van der Waals surface area contributed by atoms with Gasteiger partial charge in [0.2, 0.25) is 0 Å². The Balaban J connectivity index is 2.48. The van der Waals surface area contributed by atoms with Gasteiger partial charge in [-0.05, 0) is 37.1 Å². The molecule has 2 unspecified atom stereocenters. The fourth-order valence-electron chi connectivity index (χ4n) is 2.19. The number of aromatic nitrogens is 1. The molecule has 2 aromatic rings. The largest absolute Gasteiger partial charge is 0.377 e. The third-order valence-electron chi connectivity index (χ3n) is 3.82. The molecule has 1 heterocycles. The minimum absolute atomic E-state index is 0.103. The first-order valence-corrected chi connectivity index (χ1v) is 6.83. The van der Waals surface area contributed by atoms with Crippen molar-refractivity contribution in [3.8, 4) is 0 Å². The van der Waals surface area contributed by atoms with E-state index in [1.807, 2.05) is 13.0 Å². The zero-order valence-corrected chi connectivity index (χ0v) is 12.0. The zero-order valence-electron chi connectivity index (χ0n) is 12.0. The van der Waals surface area contributed by atoms with Crippen LogP contribution in [-0.4, -0.2) is 15.9 Å². The maximum atomic E-state index is 11.4. The highest BCUT2D eigenvalue weighted by Gasteiger charge is 2.21. The van der Waals surface area contributed by atoms with E-state index >= 15 is 0 Å². The normalized spacial score (nSPS) is 13.9. The Hall–Kier alpha value is -2.17. The number of hydrogen-bond acceptors (Lipinski definition) is 4. The monoisotopic (exact) mass is 273 g/mol. The number of fused-ring (bicyclic) bond motifs is 1. The second-order valence-corrected chi connectivity index (χ2v) is 5.11. The smallest absolute Gasteiger partial charge is 0.301 e. The van der Waals surface area contributed by atoms with Crippen LogP contribution in [0.3, 0.4) is 0 Å². The average Bonchev–Trinajstić information content (AvgIpc) is 2.45. The number of rotatable bonds is 5. The van der Waals surface area contributed by atoms with E-state index in [9.17, 15) is 10.1 Å². The first kappa shape index (κ1) is 14.2. The van der Waals surface area contributed by atoms with Crippen LogP contribution in [0.15, 0.2) is 30.5 Å². The summed E-state index contributed by atoms with van der Waals surface area (Å²) in [5.41, 5.74) is 1.30. The Morgan fingerprint density at radius 2 is 2.10 bits per heavy atom. The fraction of sp³-hybridized carbons (Fsp3) is 0.400. The van der Waals surface area contributed by atoms with Crippen molar-refractivity contribution in [2.24, 2.45) is 5.92 Å². The predicted molar refractivity (Wildman–Crippen MR) is 80.9 cm³/mol. The second kappa shape index (κ2) is 5.86. The summed E-state index contributed by atoms with van der Waals surface area (Å²) in [5, 5.41) is 15.2. The highest BCUT2D eigenvalue weighted by Crippen LogP contribution is 2.33. The van der Waals surface area contributed by atoms with E-state index in [4.69, 9.17) is 0 Å². The second-order valence-electron chi connectivity index (χ2n) is 5.11. The third-order valence-corrected chi connectivity index (χ3v) is 3.82. The standard InChI is InChI=1S/C15H19N3O2/c1-4-10(2)11(3)17-14-8-7-13-12(6-5-9-16-13)15(14)18(19)20/h5-11,17H,4H2,1-3H3. The summed E-state index contributed by atoms with van der Waals surface area (Å²) in [7, 11) is 0. The van der Waals surface area contributed by atoms with E-state index in [-0.39, 0.29) is 16.7 Å². The quantitative estimate of drug-likeness (QED) is 0.660. The molecular formula is C15H19N3O2. The molecule has 0 saturated carbocycles. The number of nitro groups is 1. The summed E-state index contributed by atoms with van der Waals surface area (Å²) < 4.78 is 0. The van der Waals surface area contributed by atoms with E-state index in [1.165, 1.54) is 0 Å². The van der Waals surface area contributed by atoms with Crippen molar-refractivity contribution >= 4 is 22.3 Å². The lowest BCUT2D eigenvalue weighted by molar-refractivity contribution is -0.382. The predicted octanol–water partition coefficient (Wildman–Crippen LogP) is 3.99. The maximum absolute atomic E-state index is 11.4. The molecule has 20 heavy (non-hydrogen) atoms. The van der Waals surface area contributed by atoms with Gasteiger partial charge in [-0.15, -0.1) is 0 Å². The van der Waals surface area contributed by atoms with E-state index in [0.717, 1.165) is 6.42 Å². The Morgan fingerprint density at radius 3 is 2.75 bits per heavy atom. The molecule has 0 aliphatic heterocycles. The molecule has 0 aliphatic rings. The summed E-state index contributed by atoms with van der Waals surface area (Å²) in [6, 6.07) is 7.18. The van der Waals surface area contributed by atoms with E-state index < -0.39 is 0 Å². The van der Waals surface area contributed by atoms with Gasteiger partial charge in [0.1, 0.15) is 5.69 Å². The van der Waals surface area contributed by atoms with Gasteiger partial charge in [0.05, 0.1) is 15.8 Å². The number of nitro benzene ring substituents is 1. The molecule has 0 bridgehead atoms. The number of hydrogen-bond donors (Lipinski definition) is 1. The summed E-state index contributed by atoms with van der Waals surface area (Å²) in [6.07, 6.45) is 2.66. The number of benzene rings is 1. The van der Waals surface area contributed by atoms with Crippen molar-refractivity contribution in [3.05, 3.63) is 40.6 Å². The Labute approximate surface area is 118 Å². The summed E-state index contributed by atoms with van der Waals surface area (Å²) >= 11 is 0. The Morgan fingerprint density at radius 1 is 1.35 bits per heavy atom. The molecule has 106 valence electrons. The van der Waals surface area contributed by atoms with Gasteiger partial charge in [0.15, 0.2) is 0 Å². The molecule has 0 fully saturated rings. The van der Waals surface area contributed by atoms with Crippen LogP contribution in [0.2, 0.25) is 0 Å². The van der Waals surface area contributed by atoms with Crippen LogP contribution in [0.25, 0.3) is 10.9 Å². The average molecular weight is 273 g/mol. The van der Waals surface area contributed by atoms with Crippen LogP contribution >= 0.6 is 0 Å². The third kappa shape index (κ3) is 2.71. The molecule has 0 aliphatic carbocycles. The van der Waals surface area contributed by atoms with Gasteiger partial charge in [0, 0.05) is 12.2 Å². The minimum Gasteiger partial charge on any atom is -0.377 e. The summed E-state index contributed by atoms with van der Waals surface area (Å²) in [5.74, 6) is 0.444. The van der Waals surface area contributed by atoms with Gasteiger partial charge < -0.3 is 5.32 Å². The van der Waals surface area contributed by atoms with E-state index in [1.54, 1.807) is 24.4 Å². The van der Waals surface area contributed by atoms with Gasteiger partial charge >= 0.3 is 5.69 Å².